The number of rotatable bonds is 8. The lowest BCUT2D eigenvalue weighted by Gasteiger charge is -2.30. The van der Waals surface area contributed by atoms with Crippen molar-refractivity contribution in [2.24, 2.45) is 17.3 Å². The van der Waals surface area contributed by atoms with Crippen LogP contribution in [0.4, 0.5) is 35.0 Å². The van der Waals surface area contributed by atoms with Gasteiger partial charge in [0.2, 0.25) is 11.9 Å². The Balaban J connectivity index is 1.36. The number of anilines is 3. The second-order valence-electron chi connectivity index (χ2n) is 13.1. The van der Waals surface area contributed by atoms with E-state index in [2.05, 4.69) is 30.9 Å². The maximum absolute atomic E-state index is 14.2. The number of carbonyl (C=O) groups excluding carboxylic acids is 2. The fraction of sp³-hybridized carbons (Fsp3) is 0.548. The Kier molecular flexibility index (Phi) is 9.93. The number of hydrogen-bond donors (Lipinski definition) is 4. The second kappa shape index (κ2) is 13.4. The summed E-state index contributed by atoms with van der Waals surface area (Å²) >= 11 is 13.1. The largest absolute Gasteiger partial charge is 0.391 e. The van der Waals surface area contributed by atoms with Crippen LogP contribution in [-0.4, -0.2) is 58.7 Å². The predicted molar refractivity (Wildman–Crippen MR) is 170 cm³/mol. The second-order valence-corrected chi connectivity index (χ2v) is 13.9. The van der Waals surface area contributed by atoms with Crippen molar-refractivity contribution >= 4 is 63.6 Å². The number of alkyl halides is 4. The molecule has 1 saturated heterocycles. The lowest BCUT2D eigenvalue weighted by Crippen LogP contribution is -2.35. The first-order valence-corrected chi connectivity index (χ1v) is 16.0. The third kappa shape index (κ3) is 7.79. The highest BCUT2D eigenvalue weighted by Crippen LogP contribution is 2.40. The summed E-state index contributed by atoms with van der Waals surface area (Å²) in [4.78, 5) is 39.7. The number of benzene rings is 1. The van der Waals surface area contributed by atoms with Gasteiger partial charge in [0.15, 0.2) is 5.65 Å². The summed E-state index contributed by atoms with van der Waals surface area (Å²) in [6, 6.07) is 4.94. The molecule has 2 amide bonds. The summed E-state index contributed by atoms with van der Waals surface area (Å²) in [6.07, 6.45) is -4.15. The fourth-order valence-corrected chi connectivity index (χ4v) is 6.27. The van der Waals surface area contributed by atoms with Crippen molar-refractivity contribution in [3.05, 3.63) is 39.4 Å². The van der Waals surface area contributed by atoms with E-state index in [0.717, 1.165) is 0 Å². The molecule has 1 aliphatic heterocycles. The molecule has 1 aliphatic carbocycles. The number of hydrogen-bond acceptors (Lipinski definition) is 6. The molecule has 2 fully saturated rings. The van der Waals surface area contributed by atoms with Gasteiger partial charge in [0.1, 0.15) is 12.0 Å². The molecule has 0 spiro atoms. The molecule has 4 N–H and O–H groups in total. The van der Waals surface area contributed by atoms with E-state index in [1.165, 1.54) is 0 Å². The zero-order valence-corrected chi connectivity index (χ0v) is 27.3. The van der Waals surface area contributed by atoms with Gasteiger partial charge in [-0.1, -0.05) is 50.0 Å². The van der Waals surface area contributed by atoms with Crippen LogP contribution >= 0.6 is 23.2 Å². The molecule has 1 atom stereocenters. The van der Waals surface area contributed by atoms with Crippen molar-refractivity contribution in [3.8, 4) is 0 Å². The maximum atomic E-state index is 14.2. The number of nitrogens with one attached hydrogen (secondary N) is 4. The molecule has 2 aliphatic rings. The van der Waals surface area contributed by atoms with Gasteiger partial charge in [0.25, 0.3) is 5.91 Å². The number of imidazole rings is 1. The molecule has 0 unspecified atom stereocenters. The minimum Gasteiger partial charge on any atom is -0.353 e. The van der Waals surface area contributed by atoms with Crippen LogP contribution in [0.1, 0.15) is 68.8 Å². The Labute approximate surface area is 274 Å². The average Bonchev–Trinajstić information content (AvgIpc) is 3.61. The maximum Gasteiger partial charge on any atom is 0.391 e. The van der Waals surface area contributed by atoms with E-state index >= 15 is 0 Å². The molecule has 250 valence electrons. The predicted octanol–water partition coefficient (Wildman–Crippen LogP) is 7.32. The first kappa shape index (κ1) is 34.0. The highest BCUT2D eigenvalue weighted by Gasteiger charge is 2.41. The minimum atomic E-state index is -4.20. The highest BCUT2D eigenvalue weighted by molar-refractivity contribution is 6.39. The van der Waals surface area contributed by atoms with Crippen molar-refractivity contribution in [2.75, 3.05) is 29.9 Å². The summed E-state index contributed by atoms with van der Waals surface area (Å²) in [5.74, 6) is -1.46. The Hall–Kier alpha value is -3.32. The van der Waals surface area contributed by atoms with E-state index in [1.807, 2.05) is 0 Å². The first-order valence-electron chi connectivity index (χ1n) is 15.3. The van der Waals surface area contributed by atoms with Crippen LogP contribution in [0.25, 0.3) is 11.2 Å². The SMILES string of the molecule is CC(C)(C)C(=O)NCc1ccc(Cl)c(Nc2nc3nc(N4CC[C@H](F)C4)c(C(=O)NCC4CCC(C(F)(F)F)CC4)cc3[nH]2)c1Cl. The molecular weight excluding hydrogens is 649 g/mol. The normalized spacial score (nSPS) is 20.6. The van der Waals surface area contributed by atoms with Gasteiger partial charge in [-0.15, -0.1) is 0 Å². The monoisotopic (exact) mass is 685 g/mol. The number of halogens is 6. The molecule has 3 heterocycles. The van der Waals surface area contributed by atoms with Crippen molar-refractivity contribution in [2.45, 2.75) is 71.8 Å². The molecule has 2 aromatic heterocycles. The van der Waals surface area contributed by atoms with Crippen molar-refractivity contribution < 1.29 is 27.2 Å². The van der Waals surface area contributed by atoms with E-state index in [0.29, 0.717) is 47.6 Å². The van der Waals surface area contributed by atoms with Crippen LogP contribution in [0.2, 0.25) is 10.0 Å². The molecule has 1 aromatic carbocycles. The van der Waals surface area contributed by atoms with Gasteiger partial charge in [0.05, 0.1) is 39.3 Å². The topological polar surface area (TPSA) is 115 Å². The number of carbonyl (C=O) groups is 2. The van der Waals surface area contributed by atoms with Gasteiger partial charge in [-0.25, -0.2) is 9.37 Å². The third-order valence-electron chi connectivity index (χ3n) is 8.52. The summed E-state index contributed by atoms with van der Waals surface area (Å²) in [6.45, 7) is 6.26. The quantitative estimate of drug-likeness (QED) is 0.185. The van der Waals surface area contributed by atoms with Crippen molar-refractivity contribution in [1.29, 1.82) is 0 Å². The van der Waals surface area contributed by atoms with E-state index in [4.69, 9.17) is 23.2 Å². The van der Waals surface area contributed by atoms with Gasteiger partial charge in [0, 0.05) is 25.0 Å². The summed E-state index contributed by atoms with van der Waals surface area (Å²) in [5, 5.41) is 9.39. The zero-order chi connectivity index (χ0) is 33.4. The number of nitrogens with zero attached hydrogens (tertiary/aromatic N) is 3. The Bertz CT molecular complexity index is 1600. The lowest BCUT2D eigenvalue weighted by molar-refractivity contribution is -0.183. The molecule has 0 radical (unpaired) electrons. The van der Waals surface area contributed by atoms with Crippen LogP contribution in [0.15, 0.2) is 18.2 Å². The number of H-pyrrole nitrogens is 1. The number of pyridine rings is 1. The third-order valence-corrected chi connectivity index (χ3v) is 9.27. The number of aromatic amines is 1. The standard InChI is InChI=1S/C31H37Cl2F4N7O2/c1-30(2,3)28(46)39-14-17-6-9-21(32)24(23(17)33)41-29-40-22-12-20(26(42-25(22)43-29)44-11-10-19(34)15-44)27(45)38-13-16-4-7-18(8-5-16)31(35,36)37/h6,9,12,16,18-19H,4-5,7-8,10-11,13-15H2,1-3H3,(H,38,45)(H,39,46)(H2,40,41,42,43)/t16?,18?,19-/m0/s1. The van der Waals surface area contributed by atoms with Crippen molar-refractivity contribution in [3.63, 3.8) is 0 Å². The number of fused-ring (bicyclic) bond motifs is 1. The zero-order valence-electron chi connectivity index (χ0n) is 25.8. The van der Waals surface area contributed by atoms with Gasteiger partial charge in [-0.2, -0.15) is 18.2 Å². The van der Waals surface area contributed by atoms with Crippen LogP contribution in [0, 0.1) is 17.3 Å². The molecule has 3 aromatic rings. The molecule has 46 heavy (non-hydrogen) atoms. The van der Waals surface area contributed by atoms with Crippen LogP contribution in [0.5, 0.6) is 0 Å². The molecule has 1 saturated carbocycles. The summed E-state index contributed by atoms with van der Waals surface area (Å²) in [7, 11) is 0. The van der Waals surface area contributed by atoms with Gasteiger partial charge in [-0.3, -0.25) is 9.59 Å². The van der Waals surface area contributed by atoms with E-state index < -0.39 is 29.6 Å². The Morgan fingerprint density at radius 3 is 2.39 bits per heavy atom. The minimum absolute atomic E-state index is 0.0425. The Morgan fingerprint density at radius 2 is 1.76 bits per heavy atom. The van der Waals surface area contributed by atoms with Gasteiger partial charge < -0.3 is 25.8 Å². The van der Waals surface area contributed by atoms with Gasteiger partial charge >= 0.3 is 6.18 Å². The summed E-state index contributed by atoms with van der Waals surface area (Å²) in [5.41, 5.74) is 1.29. The first-order chi connectivity index (χ1) is 21.6. The summed E-state index contributed by atoms with van der Waals surface area (Å²) < 4.78 is 53.4. The average molecular weight is 687 g/mol. The van der Waals surface area contributed by atoms with Crippen LogP contribution in [-0.2, 0) is 11.3 Å². The number of amides is 2. The van der Waals surface area contributed by atoms with E-state index in [9.17, 15) is 27.2 Å². The molecule has 9 nitrogen and oxygen atoms in total. The Morgan fingerprint density at radius 1 is 1.04 bits per heavy atom. The molecule has 5 rings (SSSR count). The molecule has 0 bridgehead atoms. The van der Waals surface area contributed by atoms with E-state index in [-0.39, 0.29) is 72.3 Å². The van der Waals surface area contributed by atoms with Crippen LogP contribution < -0.4 is 20.9 Å². The highest BCUT2D eigenvalue weighted by atomic mass is 35.5. The molecular formula is C31H37Cl2F4N7O2. The smallest absolute Gasteiger partial charge is 0.353 e. The van der Waals surface area contributed by atoms with Crippen LogP contribution in [0.3, 0.4) is 0 Å². The van der Waals surface area contributed by atoms with Gasteiger partial charge in [-0.05, 0) is 55.7 Å². The molecule has 15 heteroatoms. The lowest BCUT2D eigenvalue weighted by atomic mass is 9.81. The fourth-order valence-electron chi connectivity index (χ4n) is 5.74. The number of aromatic nitrogens is 3. The van der Waals surface area contributed by atoms with E-state index in [1.54, 1.807) is 43.9 Å². The van der Waals surface area contributed by atoms with Crippen molar-refractivity contribution in [1.82, 2.24) is 25.6 Å².